The molecular weight excluding hydrogens is 715 g/mol. The van der Waals surface area contributed by atoms with Crippen LogP contribution in [-0.2, 0) is 38.7 Å². The number of methoxy groups -OCH3 is 2. The van der Waals surface area contributed by atoms with E-state index in [-0.39, 0.29) is 29.9 Å². The lowest BCUT2D eigenvalue weighted by Crippen LogP contribution is -2.57. The maximum absolute atomic E-state index is 13.9. The van der Waals surface area contributed by atoms with E-state index in [0.717, 1.165) is 24.3 Å². The van der Waals surface area contributed by atoms with E-state index in [1.165, 1.54) is 26.0 Å². The minimum absolute atomic E-state index is 0.161. The molecule has 1 aromatic rings. The molecule has 0 bridgehead atoms. The Hall–Kier alpha value is -3.97. The average molecular weight is 766 g/mol. The number of alkyl halides is 3. The number of nitrogens with zero attached hydrogens (tertiary/aromatic N) is 2. The zero-order valence-corrected chi connectivity index (χ0v) is 31.3. The maximum Gasteiger partial charge on any atom is 0.471 e. The van der Waals surface area contributed by atoms with Crippen LogP contribution < -0.4 is 15.4 Å². The van der Waals surface area contributed by atoms with Crippen molar-refractivity contribution in [1.82, 2.24) is 19.8 Å². The van der Waals surface area contributed by atoms with Gasteiger partial charge >= 0.3 is 18.2 Å². The van der Waals surface area contributed by atoms with Gasteiger partial charge in [-0.25, -0.2) is 17.9 Å². The van der Waals surface area contributed by atoms with E-state index < -0.39 is 81.2 Å². The molecule has 0 saturated carbocycles. The summed E-state index contributed by atoms with van der Waals surface area (Å²) in [7, 11) is -0.217. The summed E-state index contributed by atoms with van der Waals surface area (Å²) in [4.78, 5) is 65.8. The Bertz CT molecular complexity index is 1530. The summed E-state index contributed by atoms with van der Waals surface area (Å²) in [5, 5.41) is 13.2. The monoisotopic (exact) mass is 765 g/mol. The van der Waals surface area contributed by atoms with E-state index >= 15 is 0 Å². The molecule has 294 valence electrons. The highest BCUT2D eigenvalue weighted by atomic mass is 32.2. The van der Waals surface area contributed by atoms with Crippen molar-refractivity contribution >= 4 is 45.4 Å². The molecule has 1 aliphatic rings. The molecule has 1 aliphatic heterocycles. The summed E-state index contributed by atoms with van der Waals surface area (Å²) in [6.45, 7) is 8.98. The first-order chi connectivity index (χ1) is 24.1. The second-order valence-corrected chi connectivity index (χ2v) is 14.9. The Labute approximate surface area is 302 Å². The molecule has 52 heavy (non-hydrogen) atoms. The Morgan fingerprint density at radius 3 is 2.12 bits per heavy atom. The number of likely N-dealkylation sites (N-methyl/N-ethyl adjacent to an activating group) is 1. The van der Waals surface area contributed by atoms with Crippen LogP contribution >= 0.6 is 0 Å². The van der Waals surface area contributed by atoms with Gasteiger partial charge in [0.25, 0.3) is 10.0 Å². The minimum Gasteiger partial charge on any atom is -0.465 e. The second-order valence-electron chi connectivity index (χ2n) is 13.2. The summed E-state index contributed by atoms with van der Waals surface area (Å²) in [6.07, 6.45) is -6.81. The second kappa shape index (κ2) is 18.7. The zero-order valence-electron chi connectivity index (χ0n) is 30.5. The van der Waals surface area contributed by atoms with Crippen molar-refractivity contribution in [1.29, 1.82) is 0 Å². The molecule has 1 saturated heterocycles. The molecule has 1 aromatic carbocycles. The molecule has 0 radical (unpaired) electrons. The number of carbonyl (C=O) groups excluding carboxylic acids is 4. The van der Waals surface area contributed by atoms with Gasteiger partial charge in [0.05, 0.1) is 41.5 Å². The highest BCUT2D eigenvalue weighted by Crippen LogP contribution is 2.30. The van der Waals surface area contributed by atoms with Gasteiger partial charge in [-0.05, 0) is 48.9 Å². The molecule has 1 heterocycles. The molecular formula is C33H50F3N5O10S. The van der Waals surface area contributed by atoms with Crippen LogP contribution in [0.5, 0.6) is 0 Å². The van der Waals surface area contributed by atoms with Gasteiger partial charge in [-0.1, -0.05) is 41.0 Å². The quantitative estimate of drug-likeness (QED) is 0.183. The Kier molecular flexibility index (Phi) is 15.9. The summed E-state index contributed by atoms with van der Waals surface area (Å²) < 4.78 is 77.1. The third kappa shape index (κ3) is 11.3. The fraction of sp³-hybridized carbons (Fsp3) is 0.667. The van der Waals surface area contributed by atoms with Crippen molar-refractivity contribution in [3.05, 3.63) is 24.3 Å². The highest BCUT2D eigenvalue weighted by Gasteiger charge is 2.43. The molecule has 19 heteroatoms. The van der Waals surface area contributed by atoms with Crippen LogP contribution in [0.2, 0.25) is 0 Å². The number of likely N-dealkylation sites (tertiary alicyclic amines) is 1. The molecule has 0 aliphatic carbocycles. The van der Waals surface area contributed by atoms with Crippen molar-refractivity contribution in [2.45, 2.75) is 102 Å². The fourth-order valence-electron chi connectivity index (χ4n) is 6.38. The molecule has 15 nitrogen and oxygen atoms in total. The molecule has 7 atom stereocenters. The number of rotatable bonds is 17. The van der Waals surface area contributed by atoms with Gasteiger partial charge in [-0.2, -0.15) is 13.2 Å². The van der Waals surface area contributed by atoms with Gasteiger partial charge < -0.3 is 35.0 Å². The summed E-state index contributed by atoms with van der Waals surface area (Å²) >= 11 is 0. The molecule has 4 N–H and O–H groups in total. The molecule has 1 fully saturated rings. The van der Waals surface area contributed by atoms with Crippen molar-refractivity contribution in [3.63, 3.8) is 0 Å². The van der Waals surface area contributed by atoms with Crippen LogP contribution in [0.15, 0.2) is 29.2 Å². The largest absolute Gasteiger partial charge is 0.471 e. The first-order valence-corrected chi connectivity index (χ1v) is 18.2. The average Bonchev–Trinajstić information content (AvgIpc) is 3.55. The first-order valence-electron chi connectivity index (χ1n) is 16.8. The molecule has 0 spiro atoms. The molecule has 2 rings (SSSR count). The van der Waals surface area contributed by atoms with Gasteiger partial charge in [0.15, 0.2) is 0 Å². The number of amides is 5. The van der Waals surface area contributed by atoms with Crippen LogP contribution in [0.25, 0.3) is 0 Å². The van der Waals surface area contributed by atoms with E-state index in [4.69, 9.17) is 9.47 Å². The predicted molar refractivity (Wildman–Crippen MR) is 182 cm³/mol. The maximum atomic E-state index is 13.9. The Morgan fingerprint density at radius 2 is 1.63 bits per heavy atom. The van der Waals surface area contributed by atoms with Gasteiger partial charge in [0, 0.05) is 33.5 Å². The standard InChI is InChI=1S/C33H50F3N5O10S/c1-9-19(4)27(40(6)30(44)26(18(2)3)38-32(46)47)24(50-7)17-25(42)41-16-10-11-23(41)28(51-8)20(5)29(43)39-52(48,49)22-14-12-21(13-15-22)37-31(45)33(34,35)36/h12-15,18-20,23-24,26-28,38H,9-11,16-17H2,1-8H3,(H,37,45)(H,39,43)(H,46,47)/t19-,20+,23-,24+,26-,27-,28+/m0/s1. The van der Waals surface area contributed by atoms with E-state index in [1.54, 1.807) is 31.1 Å². The van der Waals surface area contributed by atoms with E-state index in [9.17, 15) is 50.7 Å². The van der Waals surface area contributed by atoms with Crippen LogP contribution in [0.3, 0.4) is 0 Å². The van der Waals surface area contributed by atoms with Crippen molar-refractivity contribution < 1.29 is 60.1 Å². The van der Waals surface area contributed by atoms with Crippen molar-refractivity contribution in [2.24, 2.45) is 17.8 Å². The number of carbonyl (C=O) groups is 5. The van der Waals surface area contributed by atoms with Crippen LogP contribution in [0, 0.1) is 17.8 Å². The summed E-state index contributed by atoms with van der Waals surface area (Å²) in [5.74, 6) is -5.66. The van der Waals surface area contributed by atoms with Gasteiger partial charge in [0.2, 0.25) is 17.7 Å². The highest BCUT2D eigenvalue weighted by molar-refractivity contribution is 7.90. The Morgan fingerprint density at radius 1 is 1.04 bits per heavy atom. The lowest BCUT2D eigenvalue weighted by molar-refractivity contribution is -0.167. The zero-order chi connectivity index (χ0) is 39.7. The predicted octanol–water partition coefficient (Wildman–Crippen LogP) is 3.20. The van der Waals surface area contributed by atoms with E-state index in [0.29, 0.717) is 25.8 Å². The normalized spacial score (nSPS) is 18.5. The number of halogens is 3. The third-order valence-electron chi connectivity index (χ3n) is 9.39. The number of hydrogen-bond acceptors (Lipinski definition) is 9. The van der Waals surface area contributed by atoms with Crippen LogP contribution in [-0.4, -0.2) is 117 Å². The topological polar surface area (TPSA) is 201 Å². The van der Waals surface area contributed by atoms with Crippen LogP contribution in [0.1, 0.15) is 60.3 Å². The number of benzene rings is 1. The molecule has 0 aromatic heterocycles. The first kappa shape index (κ1) is 44.2. The van der Waals surface area contributed by atoms with E-state index in [2.05, 4.69) is 5.32 Å². The smallest absolute Gasteiger partial charge is 0.465 e. The number of carboxylic acid groups (broad SMARTS) is 1. The number of nitrogens with one attached hydrogen (secondary N) is 3. The minimum atomic E-state index is -5.15. The number of sulfonamides is 1. The summed E-state index contributed by atoms with van der Waals surface area (Å²) in [5.41, 5.74) is -0.314. The molecule has 0 unspecified atom stereocenters. The number of ether oxygens (including phenoxy) is 2. The number of anilines is 1. The van der Waals surface area contributed by atoms with E-state index in [1.807, 2.05) is 18.6 Å². The fourth-order valence-corrected chi connectivity index (χ4v) is 7.44. The van der Waals surface area contributed by atoms with Gasteiger partial charge in [-0.3, -0.25) is 19.2 Å². The number of hydrogen-bond donors (Lipinski definition) is 4. The Balaban J connectivity index is 2.24. The van der Waals surface area contributed by atoms with Gasteiger partial charge in [0.1, 0.15) is 6.04 Å². The van der Waals surface area contributed by atoms with Gasteiger partial charge in [-0.15, -0.1) is 0 Å². The molecule has 5 amide bonds. The van der Waals surface area contributed by atoms with Crippen LogP contribution in [0.4, 0.5) is 23.7 Å². The van der Waals surface area contributed by atoms with Crippen molar-refractivity contribution in [3.8, 4) is 0 Å². The lowest BCUT2D eigenvalue weighted by Gasteiger charge is -2.40. The third-order valence-corrected chi connectivity index (χ3v) is 10.7. The lowest BCUT2D eigenvalue weighted by atomic mass is 9.89. The van der Waals surface area contributed by atoms with Crippen molar-refractivity contribution in [2.75, 3.05) is 33.1 Å². The SMILES string of the molecule is CC[C@H](C)[C@@H]([C@@H](CC(=O)N1CCC[C@H]1[C@H](OC)[C@@H](C)C(=O)NS(=O)(=O)c1ccc(NC(=O)C(F)(F)F)cc1)OC)N(C)C(=O)[C@@H](NC(=O)O)C(C)C. The summed E-state index contributed by atoms with van der Waals surface area (Å²) in [6, 6.07) is 1.44.